The van der Waals surface area contributed by atoms with Gasteiger partial charge in [-0.05, 0) is 50.9 Å². The fourth-order valence-electron chi connectivity index (χ4n) is 4.63. The van der Waals surface area contributed by atoms with Crippen LogP contribution in [0.15, 0.2) is 29.3 Å². The number of amides is 5. The van der Waals surface area contributed by atoms with Crippen LogP contribution in [-0.4, -0.2) is 70.1 Å². The summed E-state index contributed by atoms with van der Waals surface area (Å²) in [7, 11) is 0. The molecule has 222 valence electrons. The molecule has 0 atom stereocenters. The van der Waals surface area contributed by atoms with Crippen LogP contribution in [0.1, 0.15) is 50.2 Å². The molecule has 0 spiro atoms. The van der Waals surface area contributed by atoms with Crippen LogP contribution in [0.5, 0.6) is 0 Å². The molecule has 0 aliphatic carbocycles. The first-order valence-electron chi connectivity index (χ1n) is 12.7. The highest BCUT2D eigenvalue weighted by Crippen LogP contribution is 2.37. The van der Waals surface area contributed by atoms with Crippen LogP contribution >= 0.6 is 34.8 Å². The third-order valence-electron chi connectivity index (χ3n) is 6.91. The van der Waals surface area contributed by atoms with Gasteiger partial charge in [-0.1, -0.05) is 47.6 Å². The molecular formula is C26H27Cl3F3N5O4. The molecule has 1 aromatic rings. The quantitative estimate of drug-likeness (QED) is 0.246. The summed E-state index contributed by atoms with van der Waals surface area (Å²) < 4.78 is 37.9. The monoisotopic (exact) mass is 635 g/mol. The molecule has 0 radical (unpaired) electrons. The lowest BCUT2D eigenvalue weighted by Gasteiger charge is -2.34. The predicted molar refractivity (Wildman–Crippen MR) is 146 cm³/mol. The molecule has 0 bridgehead atoms. The molecule has 2 heterocycles. The fourth-order valence-corrected chi connectivity index (χ4v) is 4.77. The van der Waals surface area contributed by atoms with Crippen LogP contribution in [0.2, 0.25) is 0 Å². The summed E-state index contributed by atoms with van der Waals surface area (Å²) in [6, 6.07) is 3.63. The SMILES string of the molecule is CC1=C(CCCCCCN2CCN(C(=O)NC(=O)C(Cl)(Cl)Cl)CC2)C(=O)N(c2ccc(C#N)c(C(F)(F)F)c2)C1=O. The van der Waals surface area contributed by atoms with E-state index in [1.165, 1.54) is 17.9 Å². The summed E-state index contributed by atoms with van der Waals surface area (Å²) in [5.41, 5.74) is -1.55. The summed E-state index contributed by atoms with van der Waals surface area (Å²) >= 11 is 16.4. The molecule has 1 aromatic carbocycles. The second-order valence-electron chi connectivity index (χ2n) is 9.64. The molecule has 0 aromatic heterocycles. The molecule has 5 amide bonds. The Kier molecular flexibility index (Phi) is 10.7. The predicted octanol–water partition coefficient (Wildman–Crippen LogP) is 4.94. The van der Waals surface area contributed by atoms with Crippen LogP contribution in [0.3, 0.4) is 0 Å². The van der Waals surface area contributed by atoms with E-state index in [0.717, 1.165) is 42.8 Å². The van der Waals surface area contributed by atoms with E-state index >= 15 is 0 Å². The lowest BCUT2D eigenvalue weighted by molar-refractivity contribution is -0.138. The van der Waals surface area contributed by atoms with Crippen LogP contribution in [-0.2, 0) is 20.6 Å². The number of piperazine rings is 1. The van der Waals surface area contributed by atoms with Crippen LogP contribution < -0.4 is 10.2 Å². The lowest BCUT2D eigenvalue weighted by Crippen LogP contribution is -2.54. The number of carbonyl (C=O) groups excluding carboxylic acids is 4. The van der Waals surface area contributed by atoms with Crippen molar-refractivity contribution in [3.63, 3.8) is 0 Å². The Bertz CT molecular complexity index is 1280. The first kappa shape index (κ1) is 32.7. The number of hydrogen-bond acceptors (Lipinski definition) is 6. The zero-order chi connectivity index (χ0) is 30.5. The van der Waals surface area contributed by atoms with Gasteiger partial charge in [0, 0.05) is 37.3 Å². The maximum absolute atomic E-state index is 13.4. The molecule has 0 unspecified atom stereocenters. The van der Waals surface area contributed by atoms with E-state index in [2.05, 4.69) is 10.2 Å². The van der Waals surface area contributed by atoms with E-state index in [0.29, 0.717) is 45.1 Å². The maximum Gasteiger partial charge on any atom is 0.417 e. The van der Waals surface area contributed by atoms with Crippen LogP contribution in [0.25, 0.3) is 0 Å². The summed E-state index contributed by atoms with van der Waals surface area (Å²) in [4.78, 5) is 53.9. The Morgan fingerprint density at radius 3 is 2.22 bits per heavy atom. The molecular weight excluding hydrogens is 610 g/mol. The summed E-state index contributed by atoms with van der Waals surface area (Å²) in [6.45, 7) is 4.30. The Morgan fingerprint density at radius 1 is 1.00 bits per heavy atom. The number of carbonyl (C=O) groups is 4. The molecule has 9 nitrogen and oxygen atoms in total. The standard InChI is InChI=1S/C26H27Cl3F3N5O4/c1-16-19(22(39)37(21(16)38)18-8-7-17(15-33)20(14-18)26(30,31)32)6-4-2-3-5-9-35-10-12-36(13-11-35)24(41)34-23(40)25(27,28)29/h7-8,14H,2-6,9-13H2,1H3,(H,34,40,41). The van der Waals surface area contributed by atoms with E-state index in [9.17, 15) is 32.3 Å². The molecule has 3 rings (SSSR count). The van der Waals surface area contributed by atoms with Crippen molar-refractivity contribution < 1.29 is 32.3 Å². The van der Waals surface area contributed by atoms with Gasteiger partial charge in [0.05, 0.1) is 22.9 Å². The van der Waals surface area contributed by atoms with Crippen molar-refractivity contribution >= 4 is 64.2 Å². The van der Waals surface area contributed by atoms with Crippen molar-refractivity contribution in [2.45, 2.75) is 49.0 Å². The number of anilines is 1. The molecule has 2 aliphatic rings. The highest BCUT2D eigenvalue weighted by molar-refractivity contribution is 6.76. The Hall–Kier alpha value is -2.85. The van der Waals surface area contributed by atoms with Crippen molar-refractivity contribution in [3.05, 3.63) is 40.5 Å². The van der Waals surface area contributed by atoms with E-state index in [4.69, 9.17) is 40.1 Å². The van der Waals surface area contributed by atoms with Gasteiger partial charge in [0.1, 0.15) is 0 Å². The minimum atomic E-state index is -4.81. The number of urea groups is 1. The number of halogens is 6. The van der Waals surface area contributed by atoms with E-state index in [1.807, 2.05) is 0 Å². The number of nitriles is 1. The van der Waals surface area contributed by atoms with Crippen molar-refractivity contribution in [1.29, 1.82) is 5.26 Å². The van der Waals surface area contributed by atoms with Gasteiger partial charge in [-0.3, -0.25) is 24.6 Å². The van der Waals surface area contributed by atoms with Gasteiger partial charge in [0.2, 0.25) is 0 Å². The van der Waals surface area contributed by atoms with Crippen molar-refractivity contribution in [3.8, 4) is 6.07 Å². The Balaban J connectivity index is 1.42. The number of nitrogens with one attached hydrogen (secondary N) is 1. The van der Waals surface area contributed by atoms with Gasteiger partial charge in [0.25, 0.3) is 21.5 Å². The Labute approximate surface area is 249 Å². The highest BCUT2D eigenvalue weighted by Gasteiger charge is 2.39. The zero-order valence-electron chi connectivity index (χ0n) is 22.0. The number of rotatable bonds is 8. The lowest BCUT2D eigenvalue weighted by atomic mass is 10.0. The van der Waals surface area contributed by atoms with Gasteiger partial charge in [-0.15, -0.1) is 0 Å². The number of imide groups is 2. The average molecular weight is 637 g/mol. The van der Waals surface area contributed by atoms with E-state index in [1.54, 1.807) is 0 Å². The Morgan fingerprint density at radius 2 is 1.63 bits per heavy atom. The second kappa shape index (κ2) is 13.4. The summed E-state index contributed by atoms with van der Waals surface area (Å²) in [6.07, 6.45) is -1.40. The van der Waals surface area contributed by atoms with Gasteiger partial charge in [0.15, 0.2) is 0 Å². The first-order valence-corrected chi connectivity index (χ1v) is 13.9. The largest absolute Gasteiger partial charge is 0.417 e. The normalized spacial score (nSPS) is 16.8. The van der Waals surface area contributed by atoms with Gasteiger partial charge < -0.3 is 4.90 Å². The minimum absolute atomic E-state index is 0.199. The molecule has 1 N–H and O–H groups in total. The first-order chi connectivity index (χ1) is 19.1. The summed E-state index contributed by atoms with van der Waals surface area (Å²) in [5.74, 6) is -2.34. The topological polar surface area (TPSA) is 114 Å². The van der Waals surface area contributed by atoms with Crippen LogP contribution in [0, 0.1) is 11.3 Å². The maximum atomic E-state index is 13.4. The van der Waals surface area contributed by atoms with Gasteiger partial charge >= 0.3 is 12.2 Å². The number of alkyl halides is 6. The van der Waals surface area contributed by atoms with Gasteiger partial charge in [-0.2, -0.15) is 18.4 Å². The number of unbranched alkanes of at least 4 members (excludes halogenated alkanes) is 3. The minimum Gasteiger partial charge on any atom is -0.322 e. The molecule has 1 fully saturated rings. The molecule has 2 aliphatic heterocycles. The average Bonchev–Trinajstić information content (AvgIpc) is 3.12. The smallest absolute Gasteiger partial charge is 0.322 e. The van der Waals surface area contributed by atoms with E-state index in [-0.39, 0.29) is 16.8 Å². The van der Waals surface area contributed by atoms with Crippen molar-refractivity contribution in [2.24, 2.45) is 0 Å². The second-order valence-corrected chi connectivity index (χ2v) is 11.9. The van der Waals surface area contributed by atoms with E-state index < -0.39 is 44.8 Å². The number of benzene rings is 1. The van der Waals surface area contributed by atoms with Crippen molar-refractivity contribution in [2.75, 3.05) is 37.6 Å². The molecule has 1 saturated heterocycles. The third kappa shape index (κ3) is 8.13. The fraction of sp³-hybridized carbons (Fsp3) is 0.500. The van der Waals surface area contributed by atoms with Crippen molar-refractivity contribution in [1.82, 2.24) is 15.1 Å². The third-order valence-corrected chi connectivity index (χ3v) is 7.43. The molecule has 0 saturated carbocycles. The number of nitrogens with zero attached hydrogens (tertiary/aromatic N) is 4. The highest BCUT2D eigenvalue weighted by atomic mass is 35.6. The van der Waals surface area contributed by atoms with Gasteiger partial charge in [-0.25, -0.2) is 9.69 Å². The zero-order valence-corrected chi connectivity index (χ0v) is 24.3. The molecule has 41 heavy (non-hydrogen) atoms. The van der Waals surface area contributed by atoms with Crippen LogP contribution in [0.4, 0.5) is 23.7 Å². The number of hydrogen-bond donors (Lipinski definition) is 1. The summed E-state index contributed by atoms with van der Waals surface area (Å²) in [5, 5.41) is 11.0. The molecule has 15 heteroatoms.